The lowest BCUT2D eigenvalue weighted by atomic mass is 10.1. The number of allylic oxidation sites excluding steroid dienone is 3. The monoisotopic (exact) mass is 310 g/mol. The van der Waals surface area contributed by atoms with Crippen LogP contribution < -0.4 is 0 Å². The Hall–Kier alpha value is -1.42. The number of aliphatic carboxylic acids is 1. The van der Waals surface area contributed by atoms with Crippen molar-refractivity contribution in [2.24, 2.45) is 0 Å². The fourth-order valence-electron chi connectivity index (χ4n) is 2.04. The van der Waals surface area contributed by atoms with Gasteiger partial charge in [-0.3, -0.25) is 9.59 Å². The molecule has 0 saturated heterocycles. The van der Waals surface area contributed by atoms with Crippen LogP contribution in [0.5, 0.6) is 0 Å². The van der Waals surface area contributed by atoms with E-state index in [1.54, 1.807) is 6.08 Å². The maximum atomic E-state index is 11.6. The van der Waals surface area contributed by atoms with Crippen molar-refractivity contribution < 1.29 is 19.8 Å². The first-order valence-corrected chi connectivity index (χ1v) is 8.29. The van der Waals surface area contributed by atoms with E-state index in [0.29, 0.717) is 19.3 Å². The van der Waals surface area contributed by atoms with Crippen LogP contribution in [0.2, 0.25) is 0 Å². The number of hydrogen-bond acceptors (Lipinski definition) is 3. The molecule has 0 aliphatic rings. The number of carboxylic acids is 1. The van der Waals surface area contributed by atoms with E-state index in [2.05, 4.69) is 19.1 Å². The molecule has 0 heterocycles. The molecular weight excluding hydrogens is 280 g/mol. The summed E-state index contributed by atoms with van der Waals surface area (Å²) in [6.07, 6.45) is 14.2. The smallest absolute Gasteiger partial charge is 0.303 e. The highest BCUT2D eigenvalue weighted by Gasteiger charge is 2.08. The number of unbranched alkanes of at least 4 members (excludes halogenated alkanes) is 4. The minimum absolute atomic E-state index is 0.0161. The molecular formula is C18H30O4. The lowest BCUT2D eigenvalue weighted by Gasteiger charge is -2.04. The average molecular weight is 310 g/mol. The zero-order chi connectivity index (χ0) is 16.6. The van der Waals surface area contributed by atoms with E-state index in [0.717, 1.165) is 12.8 Å². The minimum Gasteiger partial charge on any atom is -0.481 e. The molecule has 0 saturated carbocycles. The molecule has 0 rings (SSSR count). The lowest BCUT2D eigenvalue weighted by Crippen LogP contribution is -2.10. The van der Waals surface area contributed by atoms with E-state index in [-0.39, 0.29) is 18.6 Å². The SMILES string of the molecule is CCCCC/C=C\C/C=C\[C@H](O)CC(=O)CCCCC(=O)O. The van der Waals surface area contributed by atoms with Crippen molar-refractivity contribution in [3.8, 4) is 0 Å². The van der Waals surface area contributed by atoms with E-state index in [4.69, 9.17) is 5.11 Å². The molecule has 0 aromatic carbocycles. The first-order chi connectivity index (χ1) is 10.6. The van der Waals surface area contributed by atoms with E-state index in [9.17, 15) is 14.7 Å². The van der Waals surface area contributed by atoms with Crippen LogP contribution in [-0.4, -0.2) is 28.1 Å². The summed E-state index contributed by atoms with van der Waals surface area (Å²) >= 11 is 0. The molecule has 0 aromatic heterocycles. The first-order valence-electron chi connectivity index (χ1n) is 8.29. The largest absolute Gasteiger partial charge is 0.481 e. The number of carbonyl (C=O) groups is 2. The second-order valence-corrected chi connectivity index (χ2v) is 5.54. The average Bonchev–Trinajstić information content (AvgIpc) is 2.46. The molecule has 22 heavy (non-hydrogen) atoms. The summed E-state index contributed by atoms with van der Waals surface area (Å²) in [6.45, 7) is 2.18. The lowest BCUT2D eigenvalue weighted by molar-refractivity contribution is -0.137. The Morgan fingerprint density at radius 1 is 1.00 bits per heavy atom. The van der Waals surface area contributed by atoms with Gasteiger partial charge in [-0.1, -0.05) is 44.1 Å². The topological polar surface area (TPSA) is 74.6 Å². The second-order valence-electron chi connectivity index (χ2n) is 5.54. The van der Waals surface area contributed by atoms with Crippen LogP contribution in [0.15, 0.2) is 24.3 Å². The molecule has 0 bridgehead atoms. The van der Waals surface area contributed by atoms with Gasteiger partial charge in [-0.2, -0.15) is 0 Å². The van der Waals surface area contributed by atoms with Gasteiger partial charge in [0, 0.05) is 19.3 Å². The Kier molecular flexibility index (Phi) is 13.6. The Morgan fingerprint density at radius 3 is 2.41 bits per heavy atom. The molecule has 0 radical (unpaired) electrons. The molecule has 0 spiro atoms. The quantitative estimate of drug-likeness (QED) is 0.375. The summed E-state index contributed by atoms with van der Waals surface area (Å²) in [5.41, 5.74) is 0. The van der Waals surface area contributed by atoms with Gasteiger partial charge in [0.2, 0.25) is 0 Å². The molecule has 0 aromatic rings. The fourth-order valence-corrected chi connectivity index (χ4v) is 2.04. The van der Waals surface area contributed by atoms with Crippen molar-refractivity contribution in [1.82, 2.24) is 0 Å². The highest BCUT2D eigenvalue weighted by molar-refractivity contribution is 5.79. The summed E-state index contributed by atoms with van der Waals surface area (Å²) in [5.74, 6) is -0.851. The summed E-state index contributed by atoms with van der Waals surface area (Å²) in [6, 6.07) is 0. The molecule has 2 N–H and O–H groups in total. The number of carboxylic acid groups (broad SMARTS) is 1. The van der Waals surface area contributed by atoms with Crippen molar-refractivity contribution >= 4 is 11.8 Å². The van der Waals surface area contributed by atoms with Gasteiger partial charge in [-0.25, -0.2) is 0 Å². The van der Waals surface area contributed by atoms with Crippen molar-refractivity contribution in [3.05, 3.63) is 24.3 Å². The maximum Gasteiger partial charge on any atom is 0.303 e. The number of rotatable bonds is 14. The fraction of sp³-hybridized carbons (Fsp3) is 0.667. The molecule has 0 amide bonds. The number of aliphatic hydroxyl groups excluding tert-OH is 1. The van der Waals surface area contributed by atoms with Gasteiger partial charge in [-0.05, 0) is 32.1 Å². The van der Waals surface area contributed by atoms with Crippen LogP contribution in [0.25, 0.3) is 0 Å². The van der Waals surface area contributed by atoms with Crippen LogP contribution in [0.3, 0.4) is 0 Å². The summed E-state index contributed by atoms with van der Waals surface area (Å²) in [4.78, 5) is 21.9. The van der Waals surface area contributed by atoms with Crippen molar-refractivity contribution in [2.75, 3.05) is 0 Å². The van der Waals surface area contributed by atoms with Crippen LogP contribution in [0.1, 0.15) is 71.1 Å². The van der Waals surface area contributed by atoms with Crippen LogP contribution in [-0.2, 0) is 9.59 Å². The predicted octanol–water partition coefficient (Wildman–Crippen LogP) is 4.03. The van der Waals surface area contributed by atoms with E-state index in [1.165, 1.54) is 19.3 Å². The maximum absolute atomic E-state index is 11.6. The van der Waals surface area contributed by atoms with E-state index < -0.39 is 12.1 Å². The summed E-state index contributed by atoms with van der Waals surface area (Å²) in [5, 5.41) is 18.2. The zero-order valence-corrected chi connectivity index (χ0v) is 13.7. The minimum atomic E-state index is -0.835. The number of ketones is 1. The van der Waals surface area contributed by atoms with Gasteiger partial charge in [0.1, 0.15) is 5.78 Å². The Balaban J connectivity index is 3.65. The highest BCUT2D eigenvalue weighted by Crippen LogP contribution is 2.06. The molecule has 4 nitrogen and oxygen atoms in total. The van der Waals surface area contributed by atoms with E-state index in [1.807, 2.05) is 6.08 Å². The third-order valence-electron chi connectivity index (χ3n) is 3.30. The number of hydrogen-bond donors (Lipinski definition) is 2. The zero-order valence-electron chi connectivity index (χ0n) is 13.7. The Bertz CT molecular complexity index is 358. The normalized spacial score (nSPS) is 13.0. The molecule has 0 unspecified atom stereocenters. The first kappa shape index (κ1) is 20.6. The Morgan fingerprint density at radius 2 is 1.73 bits per heavy atom. The van der Waals surface area contributed by atoms with Gasteiger partial charge in [0.15, 0.2) is 0 Å². The van der Waals surface area contributed by atoms with Gasteiger partial charge in [0.05, 0.1) is 6.10 Å². The van der Waals surface area contributed by atoms with Crippen LogP contribution >= 0.6 is 0 Å². The number of aliphatic hydroxyl groups is 1. The van der Waals surface area contributed by atoms with Crippen LogP contribution in [0, 0.1) is 0 Å². The molecule has 126 valence electrons. The van der Waals surface area contributed by atoms with E-state index >= 15 is 0 Å². The third-order valence-corrected chi connectivity index (χ3v) is 3.30. The highest BCUT2D eigenvalue weighted by atomic mass is 16.4. The molecule has 0 aliphatic heterocycles. The van der Waals surface area contributed by atoms with Crippen molar-refractivity contribution in [2.45, 2.75) is 77.2 Å². The number of Topliss-reactive ketones (excluding diaryl/α,β-unsaturated/α-hetero) is 1. The van der Waals surface area contributed by atoms with Gasteiger partial charge in [0.25, 0.3) is 0 Å². The standard InChI is InChI=1S/C18H30O4/c1-2-3-4-5-6-7-8-9-12-16(19)15-17(20)13-10-11-14-18(21)22/h6-7,9,12,16,19H,2-5,8,10-11,13-15H2,1H3,(H,21,22)/b7-6-,12-9-/t16-/m0/s1. The van der Waals surface area contributed by atoms with Crippen molar-refractivity contribution in [3.63, 3.8) is 0 Å². The molecule has 0 aliphatic carbocycles. The molecule has 4 heteroatoms. The summed E-state index contributed by atoms with van der Waals surface area (Å²) in [7, 11) is 0. The second kappa shape index (κ2) is 14.5. The van der Waals surface area contributed by atoms with Gasteiger partial charge in [-0.15, -0.1) is 0 Å². The number of carbonyl (C=O) groups excluding carboxylic acids is 1. The predicted molar refractivity (Wildman–Crippen MR) is 88.8 cm³/mol. The third kappa shape index (κ3) is 15.0. The molecule has 1 atom stereocenters. The summed E-state index contributed by atoms with van der Waals surface area (Å²) < 4.78 is 0. The van der Waals surface area contributed by atoms with Gasteiger partial charge < -0.3 is 10.2 Å². The van der Waals surface area contributed by atoms with Gasteiger partial charge >= 0.3 is 5.97 Å². The van der Waals surface area contributed by atoms with Crippen LogP contribution in [0.4, 0.5) is 0 Å². The molecule has 0 fully saturated rings. The van der Waals surface area contributed by atoms with Crippen molar-refractivity contribution in [1.29, 1.82) is 0 Å². The Labute approximate surface area is 133 Å².